The molecule has 0 bridgehead atoms. The number of hydrogen-bond acceptors (Lipinski definition) is 4. The van der Waals surface area contributed by atoms with Crippen molar-refractivity contribution in [2.24, 2.45) is 0 Å². The van der Waals surface area contributed by atoms with Crippen LogP contribution in [0.3, 0.4) is 0 Å². The van der Waals surface area contributed by atoms with E-state index in [-0.39, 0.29) is 17.6 Å². The zero-order valence-electron chi connectivity index (χ0n) is 10.1. The molecule has 2 N–H and O–H groups in total. The first kappa shape index (κ1) is 12.3. The van der Waals surface area contributed by atoms with E-state index in [2.05, 4.69) is 10.3 Å². The monoisotopic (exact) mass is 249 g/mol. The number of aromatic nitrogens is 1. The van der Waals surface area contributed by atoms with Crippen LogP contribution in [0.25, 0.3) is 0 Å². The van der Waals surface area contributed by atoms with Crippen molar-refractivity contribution in [2.75, 3.05) is 18.0 Å². The molecular weight excluding hydrogens is 234 g/mol. The fraction of sp³-hybridized carbons (Fsp3) is 0.417. The highest BCUT2D eigenvalue weighted by Crippen LogP contribution is 2.18. The summed E-state index contributed by atoms with van der Waals surface area (Å²) in [5, 5.41) is 11.7. The van der Waals surface area contributed by atoms with Gasteiger partial charge in [-0.2, -0.15) is 0 Å². The third kappa shape index (κ3) is 2.77. The van der Waals surface area contributed by atoms with E-state index in [1.807, 2.05) is 4.90 Å². The quantitative estimate of drug-likeness (QED) is 0.815. The smallest absolute Gasteiger partial charge is 0.354 e. The molecule has 1 aromatic heterocycles. The summed E-state index contributed by atoms with van der Waals surface area (Å²) in [6.07, 6.45) is 0.846. The Hall–Kier alpha value is -2.11. The van der Waals surface area contributed by atoms with Crippen molar-refractivity contribution in [3.05, 3.63) is 23.9 Å². The minimum atomic E-state index is -1.03. The molecule has 1 amide bonds. The van der Waals surface area contributed by atoms with Gasteiger partial charge in [0.05, 0.1) is 0 Å². The van der Waals surface area contributed by atoms with Gasteiger partial charge in [-0.05, 0) is 18.6 Å². The number of hydrogen-bond donors (Lipinski definition) is 2. The number of amides is 1. The van der Waals surface area contributed by atoms with Crippen molar-refractivity contribution in [1.82, 2.24) is 10.3 Å². The Morgan fingerprint density at radius 2 is 2.28 bits per heavy atom. The maximum atomic E-state index is 11.0. The summed E-state index contributed by atoms with van der Waals surface area (Å²) in [5.41, 5.74) is 0.0375. The molecule has 1 saturated heterocycles. The average molecular weight is 249 g/mol. The topological polar surface area (TPSA) is 82.5 Å². The van der Waals surface area contributed by atoms with Gasteiger partial charge in [-0.25, -0.2) is 9.78 Å². The number of carboxylic acid groups (broad SMARTS) is 1. The van der Waals surface area contributed by atoms with E-state index in [1.54, 1.807) is 12.1 Å². The first-order chi connectivity index (χ1) is 8.56. The lowest BCUT2D eigenvalue weighted by Crippen LogP contribution is -2.35. The van der Waals surface area contributed by atoms with E-state index in [1.165, 1.54) is 13.0 Å². The van der Waals surface area contributed by atoms with Crippen molar-refractivity contribution in [1.29, 1.82) is 0 Å². The van der Waals surface area contributed by atoms with Crippen molar-refractivity contribution < 1.29 is 14.7 Å². The van der Waals surface area contributed by atoms with Gasteiger partial charge in [0, 0.05) is 26.1 Å². The molecule has 0 aromatic carbocycles. The Morgan fingerprint density at radius 1 is 1.50 bits per heavy atom. The molecule has 18 heavy (non-hydrogen) atoms. The molecule has 0 spiro atoms. The number of nitrogens with one attached hydrogen (secondary N) is 1. The molecule has 1 aromatic rings. The molecule has 2 rings (SSSR count). The molecular formula is C12H15N3O3. The van der Waals surface area contributed by atoms with E-state index < -0.39 is 5.97 Å². The summed E-state index contributed by atoms with van der Waals surface area (Å²) in [5.74, 6) is -0.439. The van der Waals surface area contributed by atoms with E-state index in [0.717, 1.165) is 13.0 Å². The van der Waals surface area contributed by atoms with Gasteiger partial charge in [0.25, 0.3) is 0 Å². The van der Waals surface area contributed by atoms with Crippen molar-refractivity contribution in [3.63, 3.8) is 0 Å². The first-order valence-corrected chi connectivity index (χ1v) is 5.78. The molecule has 2 heterocycles. The Labute approximate surface area is 105 Å². The fourth-order valence-corrected chi connectivity index (χ4v) is 2.09. The number of rotatable bonds is 3. The molecule has 1 aliphatic rings. The minimum Gasteiger partial charge on any atom is -0.477 e. The average Bonchev–Trinajstić information content (AvgIpc) is 2.77. The maximum absolute atomic E-state index is 11.0. The summed E-state index contributed by atoms with van der Waals surface area (Å²) < 4.78 is 0. The number of aromatic carboxylic acids is 1. The van der Waals surface area contributed by atoms with Gasteiger partial charge in [-0.1, -0.05) is 6.07 Å². The number of anilines is 1. The highest BCUT2D eigenvalue weighted by atomic mass is 16.4. The van der Waals surface area contributed by atoms with Gasteiger partial charge in [0.2, 0.25) is 5.91 Å². The van der Waals surface area contributed by atoms with Crippen molar-refractivity contribution >= 4 is 17.7 Å². The maximum Gasteiger partial charge on any atom is 0.354 e. The largest absolute Gasteiger partial charge is 0.477 e. The lowest BCUT2D eigenvalue weighted by molar-refractivity contribution is -0.119. The van der Waals surface area contributed by atoms with Crippen LogP contribution in [0.1, 0.15) is 23.8 Å². The standard InChI is InChI=1S/C12H15N3O3/c1-8(16)13-9-5-6-15(7-9)11-4-2-3-10(14-11)12(17)18/h2-4,9H,5-7H2,1H3,(H,13,16)(H,17,18). The Kier molecular flexibility index (Phi) is 3.45. The van der Waals surface area contributed by atoms with E-state index >= 15 is 0 Å². The third-order valence-corrected chi connectivity index (χ3v) is 2.87. The molecule has 6 nitrogen and oxygen atoms in total. The van der Waals surface area contributed by atoms with E-state index in [0.29, 0.717) is 12.4 Å². The molecule has 1 unspecified atom stereocenters. The molecule has 96 valence electrons. The van der Waals surface area contributed by atoms with Crippen molar-refractivity contribution in [2.45, 2.75) is 19.4 Å². The predicted molar refractivity (Wildman–Crippen MR) is 65.6 cm³/mol. The summed E-state index contributed by atoms with van der Waals surface area (Å²) in [4.78, 5) is 27.9. The third-order valence-electron chi connectivity index (χ3n) is 2.87. The number of carbonyl (C=O) groups is 2. The summed E-state index contributed by atoms with van der Waals surface area (Å²) >= 11 is 0. The van der Waals surface area contributed by atoms with Gasteiger partial charge in [0.1, 0.15) is 5.82 Å². The zero-order valence-corrected chi connectivity index (χ0v) is 10.1. The highest BCUT2D eigenvalue weighted by molar-refractivity contribution is 5.85. The second kappa shape index (κ2) is 5.03. The second-order valence-corrected chi connectivity index (χ2v) is 4.32. The lowest BCUT2D eigenvalue weighted by Gasteiger charge is -2.17. The fourth-order valence-electron chi connectivity index (χ4n) is 2.09. The summed E-state index contributed by atoms with van der Waals surface area (Å²) in [7, 11) is 0. The van der Waals surface area contributed by atoms with Crippen LogP contribution in [0, 0.1) is 0 Å². The predicted octanol–water partition coefficient (Wildman–Crippen LogP) is 0.495. The number of nitrogens with zero attached hydrogens (tertiary/aromatic N) is 2. The number of carbonyl (C=O) groups excluding carboxylic acids is 1. The molecule has 0 saturated carbocycles. The Morgan fingerprint density at radius 3 is 2.94 bits per heavy atom. The second-order valence-electron chi connectivity index (χ2n) is 4.32. The number of carboxylic acids is 1. The zero-order chi connectivity index (χ0) is 13.1. The van der Waals surface area contributed by atoms with Crippen LogP contribution in [0.2, 0.25) is 0 Å². The van der Waals surface area contributed by atoms with Gasteiger partial charge in [0.15, 0.2) is 5.69 Å². The van der Waals surface area contributed by atoms with Gasteiger partial charge in [-0.3, -0.25) is 4.79 Å². The molecule has 1 atom stereocenters. The van der Waals surface area contributed by atoms with Crippen molar-refractivity contribution in [3.8, 4) is 0 Å². The highest BCUT2D eigenvalue weighted by Gasteiger charge is 2.24. The summed E-state index contributed by atoms with van der Waals surface area (Å²) in [6.45, 7) is 2.92. The van der Waals surface area contributed by atoms with E-state index in [4.69, 9.17) is 5.11 Å². The summed E-state index contributed by atoms with van der Waals surface area (Å²) in [6, 6.07) is 5.03. The van der Waals surface area contributed by atoms with Crippen LogP contribution in [-0.4, -0.2) is 41.1 Å². The number of pyridine rings is 1. The molecule has 6 heteroatoms. The lowest BCUT2D eigenvalue weighted by atomic mass is 10.2. The SMILES string of the molecule is CC(=O)NC1CCN(c2cccc(C(=O)O)n2)C1. The molecule has 1 aliphatic heterocycles. The Bertz CT molecular complexity index is 475. The van der Waals surface area contributed by atoms with Gasteiger partial charge in [-0.15, -0.1) is 0 Å². The Balaban J connectivity index is 2.07. The molecule has 1 fully saturated rings. The normalized spacial score (nSPS) is 18.7. The van der Waals surface area contributed by atoms with Crippen LogP contribution >= 0.6 is 0 Å². The van der Waals surface area contributed by atoms with Gasteiger partial charge >= 0.3 is 5.97 Å². The minimum absolute atomic E-state index is 0.0375. The van der Waals surface area contributed by atoms with Crippen LogP contribution in [-0.2, 0) is 4.79 Å². The van der Waals surface area contributed by atoms with Crippen LogP contribution in [0.15, 0.2) is 18.2 Å². The first-order valence-electron chi connectivity index (χ1n) is 5.78. The van der Waals surface area contributed by atoms with Gasteiger partial charge < -0.3 is 15.3 Å². The van der Waals surface area contributed by atoms with Crippen LogP contribution in [0.5, 0.6) is 0 Å². The van der Waals surface area contributed by atoms with Crippen LogP contribution in [0.4, 0.5) is 5.82 Å². The van der Waals surface area contributed by atoms with E-state index in [9.17, 15) is 9.59 Å². The molecule has 0 radical (unpaired) electrons. The van der Waals surface area contributed by atoms with Crippen LogP contribution < -0.4 is 10.2 Å². The molecule has 0 aliphatic carbocycles.